The van der Waals surface area contributed by atoms with Crippen molar-refractivity contribution in [3.8, 4) is 0 Å². The third-order valence-electron chi connectivity index (χ3n) is 2.29. The van der Waals surface area contributed by atoms with Crippen molar-refractivity contribution in [3.63, 3.8) is 0 Å². The summed E-state index contributed by atoms with van der Waals surface area (Å²) in [6, 6.07) is 5.79. The first-order valence-electron chi connectivity index (χ1n) is 5.51. The van der Waals surface area contributed by atoms with Crippen molar-refractivity contribution < 1.29 is 13.2 Å². The number of rotatable bonds is 5. The molecule has 18 heavy (non-hydrogen) atoms. The Labute approximate surface area is 107 Å². The number of nitrogens with one attached hydrogen (secondary N) is 1. The molecular formula is C12H18N2O3S. The standard InChI is InChI=1S/C12H18N2O3S/c1-9(15)10-4-6-11(7-5-10)18(16,17)14-8-12(2,3)13/h4-7,14H,8,13H2,1-3H3. The second kappa shape index (κ2) is 5.17. The molecule has 0 spiro atoms. The van der Waals surface area contributed by atoms with Crippen molar-refractivity contribution in [2.24, 2.45) is 5.73 Å². The van der Waals surface area contributed by atoms with Gasteiger partial charge in [-0.15, -0.1) is 0 Å². The quantitative estimate of drug-likeness (QED) is 0.778. The highest BCUT2D eigenvalue weighted by Gasteiger charge is 2.18. The van der Waals surface area contributed by atoms with Crippen molar-refractivity contribution in [2.45, 2.75) is 31.2 Å². The average molecular weight is 270 g/mol. The van der Waals surface area contributed by atoms with E-state index in [1.165, 1.54) is 31.2 Å². The molecule has 5 nitrogen and oxygen atoms in total. The minimum Gasteiger partial charge on any atom is -0.324 e. The number of Topliss-reactive ketones (excluding diaryl/α,β-unsaturated/α-hetero) is 1. The van der Waals surface area contributed by atoms with Crippen molar-refractivity contribution >= 4 is 15.8 Å². The fraction of sp³-hybridized carbons (Fsp3) is 0.417. The summed E-state index contributed by atoms with van der Waals surface area (Å²) >= 11 is 0. The van der Waals surface area contributed by atoms with Gasteiger partial charge in [0, 0.05) is 17.6 Å². The summed E-state index contributed by atoms with van der Waals surface area (Å²) < 4.78 is 26.2. The van der Waals surface area contributed by atoms with Crippen LogP contribution < -0.4 is 10.5 Å². The Hall–Kier alpha value is -1.24. The lowest BCUT2D eigenvalue weighted by molar-refractivity contribution is 0.101. The Kier molecular flexibility index (Phi) is 4.26. The van der Waals surface area contributed by atoms with Crippen LogP contribution in [0.3, 0.4) is 0 Å². The molecule has 0 radical (unpaired) electrons. The van der Waals surface area contributed by atoms with E-state index in [0.29, 0.717) is 5.56 Å². The summed E-state index contributed by atoms with van der Waals surface area (Å²) in [4.78, 5) is 11.2. The maximum Gasteiger partial charge on any atom is 0.240 e. The molecule has 1 aromatic rings. The number of hydrogen-bond acceptors (Lipinski definition) is 4. The lowest BCUT2D eigenvalue weighted by atomic mass is 10.1. The van der Waals surface area contributed by atoms with Crippen molar-refractivity contribution in [3.05, 3.63) is 29.8 Å². The molecule has 0 aromatic heterocycles. The van der Waals surface area contributed by atoms with Crippen molar-refractivity contribution in [1.29, 1.82) is 0 Å². The smallest absolute Gasteiger partial charge is 0.240 e. The first-order valence-corrected chi connectivity index (χ1v) is 7.00. The maximum atomic E-state index is 11.9. The van der Waals surface area contributed by atoms with Gasteiger partial charge in [0.2, 0.25) is 10.0 Å². The van der Waals surface area contributed by atoms with E-state index in [4.69, 9.17) is 5.73 Å². The Bertz CT molecular complexity index is 527. The van der Waals surface area contributed by atoms with Crippen LogP contribution in [0.5, 0.6) is 0 Å². The molecule has 0 heterocycles. The third kappa shape index (κ3) is 4.21. The molecule has 0 aliphatic rings. The van der Waals surface area contributed by atoms with Gasteiger partial charge in [-0.25, -0.2) is 13.1 Å². The number of nitrogens with two attached hydrogens (primary N) is 1. The number of sulfonamides is 1. The van der Waals surface area contributed by atoms with Crippen LogP contribution in [0, 0.1) is 0 Å². The summed E-state index contributed by atoms with van der Waals surface area (Å²) in [7, 11) is -3.58. The highest BCUT2D eigenvalue weighted by molar-refractivity contribution is 7.89. The summed E-state index contributed by atoms with van der Waals surface area (Å²) in [6.45, 7) is 5.03. The molecule has 0 saturated carbocycles. The zero-order chi connectivity index (χ0) is 14.0. The monoisotopic (exact) mass is 270 g/mol. The van der Waals surface area contributed by atoms with Crippen LogP contribution in [-0.2, 0) is 10.0 Å². The summed E-state index contributed by atoms with van der Waals surface area (Å²) in [5.74, 6) is -0.102. The fourth-order valence-electron chi connectivity index (χ4n) is 1.23. The molecular weight excluding hydrogens is 252 g/mol. The summed E-state index contributed by atoms with van der Waals surface area (Å²) in [5.41, 5.74) is 5.57. The van der Waals surface area contributed by atoms with Crippen LogP contribution >= 0.6 is 0 Å². The van der Waals surface area contributed by atoms with Gasteiger partial charge in [0.05, 0.1) is 4.90 Å². The number of hydrogen-bond donors (Lipinski definition) is 2. The molecule has 0 amide bonds. The summed E-state index contributed by atoms with van der Waals surface area (Å²) in [5, 5.41) is 0. The van der Waals surface area contributed by atoms with Gasteiger partial charge >= 0.3 is 0 Å². The Morgan fingerprint density at radius 3 is 2.17 bits per heavy atom. The largest absolute Gasteiger partial charge is 0.324 e. The van der Waals surface area contributed by atoms with Gasteiger partial charge in [0.15, 0.2) is 5.78 Å². The van der Waals surface area contributed by atoms with Crippen LogP contribution in [0.1, 0.15) is 31.1 Å². The van der Waals surface area contributed by atoms with Gasteiger partial charge in [-0.3, -0.25) is 4.79 Å². The predicted molar refractivity (Wildman–Crippen MR) is 69.9 cm³/mol. The van der Waals surface area contributed by atoms with E-state index in [0.717, 1.165) is 0 Å². The first-order chi connectivity index (χ1) is 8.12. The highest BCUT2D eigenvalue weighted by Crippen LogP contribution is 2.11. The van der Waals surface area contributed by atoms with Gasteiger partial charge in [0.25, 0.3) is 0 Å². The van der Waals surface area contributed by atoms with E-state index in [2.05, 4.69) is 4.72 Å². The summed E-state index contributed by atoms with van der Waals surface area (Å²) in [6.07, 6.45) is 0. The molecule has 0 atom stereocenters. The molecule has 100 valence electrons. The van der Waals surface area contributed by atoms with Crippen molar-refractivity contribution in [2.75, 3.05) is 6.54 Å². The molecule has 0 unspecified atom stereocenters. The molecule has 0 aliphatic carbocycles. The second-order valence-corrected chi connectivity index (χ2v) is 6.66. The zero-order valence-corrected chi connectivity index (χ0v) is 11.5. The molecule has 1 aromatic carbocycles. The number of carbonyl (C=O) groups is 1. The van der Waals surface area contributed by atoms with Gasteiger partial charge in [0.1, 0.15) is 0 Å². The number of benzene rings is 1. The molecule has 6 heteroatoms. The van der Waals surface area contributed by atoms with Gasteiger partial charge in [-0.2, -0.15) is 0 Å². The highest BCUT2D eigenvalue weighted by atomic mass is 32.2. The molecule has 0 bridgehead atoms. The van der Waals surface area contributed by atoms with Gasteiger partial charge in [-0.1, -0.05) is 12.1 Å². The van der Waals surface area contributed by atoms with E-state index in [1.807, 2.05) is 0 Å². The topological polar surface area (TPSA) is 89.3 Å². The minimum absolute atomic E-state index is 0.102. The molecule has 0 saturated heterocycles. The van der Waals surface area contributed by atoms with Crippen molar-refractivity contribution in [1.82, 2.24) is 4.72 Å². The lowest BCUT2D eigenvalue weighted by Crippen LogP contribution is -2.45. The number of carbonyl (C=O) groups excluding carboxylic acids is 1. The van der Waals surface area contributed by atoms with Crippen LogP contribution in [-0.4, -0.2) is 26.3 Å². The Morgan fingerprint density at radius 1 is 1.28 bits per heavy atom. The maximum absolute atomic E-state index is 11.9. The second-order valence-electron chi connectivity index (χ2n) is 4.89. The molecule has 0 fully saturated rings. The van der Waals surface area contributed by atoms with Gasteiger partial charge in [-0.05, 0) is 32.9 Å². The lowest BCUT2D eigenvalue weighted by Gasteiger charge is -2.18. The normalized spacial score (nSPS) is 12.4. The van der Waals surface area contributed by atoms with E-state index in [1.54, 1.807) is 13.8 Å². The number of ketones is 1. The molecule has 0 aliphatic heterocycles. The fourth-order valence-corrected chi connectivity index (χ4v) is 2.46. The minimum atomic E-state index is -3.58. The molecule has 1 rings (SSSR count). The first kappa shape index (κ1) is 14.8. The average Bonchev–Trinajstić information content (AvgIpc) is 2.26. The van der Waals surface area contributed by atoms with Crippen LogP contribution in [0.4, 0.5) is 0 Å². The van der Waals surface area contributed by atoms with Crippen LogP contribution in [0.15, 0.2) is 29.2 Å². The Balaban J connectivity index is 2.89. The van der Waals surface area contributed by atoms with E-state index in [9.17, 15) is 13.2 Å². The third-order valence-corrected chi connectivity index (χ3v) is 3.71. The Morgan fingerprint density at radius 2 is 1.78 bits per heavy atom. The van der Waals surface area contributed by atoms with Gasteiger partial charge < -0.3 is 5.73 Å². The van der Waals surface area contributed by atoms with E-state index < -0.39 is 15.6 Å². The zero-order valence-electron chi connectivity index (χ0n) is 10.7. The SMILES string of the molecule is CC(=O)c1ccc(S(=O)(=O)NCC(C)(C)N)cc1. The van der Waals surface area contributed by atoms with E-state index >= 15 is 0 Å². The van der Waals surface area contributed by atoms with E-state index in [-0.39, 0.29) is 17.2 Å². The predicted octanol–water partition coefficient (Wildman–Crippen LogP) is 0.905. The van der Waals surface area contributed by atoms with Crippen LogP contribution in [0.25, 0.3) is 0 Å². The van der Waals surface area contributed by atoms with Crippen LogP contribution in [0.2, 0.25) is 0 Å². The molecule has 3 N–H and O–H groups in total.